The number of hydrogen-bond acceptors (Lipinski definition) is 4. The molecule has 0 saturated heterocycles. The number of rotatable bonds is 2. The van der Waals surface area contributed by atoms with E-state index < -0.39 is 6.10 Å². The van der Waals surface area contributed by atoms with Crippen molar-refractivity contribution < 1.29 is 19.3 Å². The summed E-state index contributed by atoms with van der Waals surface area (Å²) in [6, 6.07) is 9.51. The monoisotopic (exact) mass is 348 g/mol. The highest BCUT2D eigenvalue weighted by Gasteiger charge is 2.22. The SMILES string of the molecule is OC(c1ccc2c(c1)CCO2)c1cc(Br)c2c(c1)OCO2. The van der Waals surface area contributed by atoms with Crippen molar-refractivity contribution in [3.05, 3.63) is 51.5 Å². The quantitative estimate of drug-likeness (QED) is 0.905. The summed E-state index contributed by atoms with van der Waals surface area (Å²) in [6.07, 6.45) is 0.183. The van der Waals surface area contributed by atoms with E-state index in [1.165, 1.54) is 0 Å². The summed E-state index contributed by atoms with van der Waals surface area (Å²) in [4.78, 5) is 0. The highest BCUT2D eigenvalue weighted by Crippen LogP contribution is 2.42. The molecule has 2 heterocycles. The van der Waals surface area contributed by atoms with Crippen molar-refractivity contribution >= 4 is 15.9 Å². The Morgan fingerprint density at radius 2 is 1.90 bits per heavy atom. The van der Waals surface area contributed by atoms with Gasteiger partial charge < -0.3 is 19.3 Å². The number of benzene rings is 2. The first-order chi connectivity index (χ1) is 10.2. The van der Waals surface area contributed by atoms with E-state index in [9.17, 15) is 5.11 Å². The summed E-state index contributed by atoms with van der Waals surface area (Å²) in [5.74, 6) is 2.26. The molecule has 1 unspecified atom stereocenters. The van der Waals surface area contributed by atoms with E-state index in [-0.39, 0.29) is 6.79 Å². The van der Waals surface area contributed by atoms with Gasteiger partial charge in [-0.25, -0.2) is 0 Å². The normalized spacial score (nSPS) is 16.5. The third kappa shape index (κ3) is 2.17. The zero-order chi connectivity index (χ0) is 14.4. The highest BCUT2D eigenvalue weighted by molar-refractivity contribution is 9.10. The number of aliphatic hydroxyl groups is 1. The molecule has 0 saturated carbocycles. The van der Waals surface area contributed by atoms with Crippen LogP contribution in [-0.4, -0.2) is 18.5 Å². The first kappa shape index (κ1) is 13.0. The van der Waals surface area contributed by atoms with Gasteiger partial charge in [0.05, 0.1) is 11.1 Å². The zero-order valence-corrected chi connectivity index (χ0v) is 12.7. The van der Waals surface area contributed by atoms with Crippen LogP contribution < -0.4 is 14.2 Å². The Hall–Kier alpha value is -1.72. The van der Waals surface area contributed by atoms with E-state index in [0.29, 0.717) is 18.1 Å². The molecule has 2 aromatic carbocycles. The summed E-state index contributed by atoms with van der Waals surface area (Å²) in [5.41, 5.74) is 2.77. The first-order valence-corrected chi connectivity index (χ1v) is 7.54. The van der Waals surface area contributed by atoms with E-state index in [2.05, 4.69) is 15.9 Å². The molecule has 21 heavy (non-hydrogen) atoms. The molecule has 2 aromatic rings. The summed E-state index contributed by atoms with van der Waals surface area (Å²) >= 11 is 3.45. The topological polar surface area (TPSA) is 47.9 Å². The van der Waals surface area contributed by atoms with E-state index in [1.807, 2.05) is 30.3 Å². The van der Waals surface area contributed by atoms with Crippen LogP contribution in [0.5, 0.6) is 17.2 Å². The van der Waals surface area contributed by atoms with Crippen LogP contribution in [0.2, 0.25) is 0 Å². The van der Waals surface area contributed by atoms with Crippen molar-refractivity contribution in [1.29, 1.82) is 0 Å². The Morgan fingerprint density at radius 1 is 1.00 bits per heavy atom. The molecule has 0 bridgehead atoms. The molecule has 0 radical (unpaired) electrons. The second-order valence-electron chi connectivity index (χ2n) is 5.10. The first-order valence-electron chi connectivity index (χ1n) is 6.75. The van der Waals surface area contributed by atoms with Gasteiger partial charge in [-0.1, -0.05) is 6.07 Å². The summed E-state index contributed by atoms with van der Waals surface area (Å²) < 4.78 is 17.0. The number of aliphatic hydroxyl groups excluding tert-OH is 1. The van der Waals surface area contributed by atoms with Gasteiger partial charge in [0.1, 0.15) is 11.9 Å². The smallest absolute Gasteiger partial charge is 0.231 e. The lowest BCUT2D eigenvalue weighted by Crippen LogP contribution is -2.00. The Morgan fingerprint density at radius 3 is 2.81 bits per heavy atom. The average Bonchev–Trinajstić information content (AvgIpc) is 3.14. The van der Waals surface area contributed by atoms with Crippen LogP contribution in [-0.2, 0) is 6.42 Å². The second-order valence-corrected chi connectivity index (χ2v) is 5.96. The van der Waals surface area contributed by atoms with Crippen molar-refractivity contribution in [2.75, 3.05) is 13.4 Å². The van der Waals surface area contributed by atoms with Crippen LogP contribution in [0.15, 0.2) is 34.8 Å². The van der Waals surface area contributed by atoms with Crippen LogP contribution >= 0.6 is 15.9 Å². The maximum absolute atomic E-state index is 10.6. The lowest BCUT2D eigenvalue weighted by molar-refractivity contribution is 0.173. The second kappa shape index (κ2) is 4.93. The minimum atomic E-state index is -0.707. The molecular weight excluding hydrogens is 336 g/mol. The van der Waals surface area contributed by atoms with Gasteiger partial charge in [-0.2, -0.15) is 0 Å². The lowest BCUT2D eigenvalue weighted by atomic mass is 9.98. The number of halogens is 1. The molecule has 2 aliphatic heterocycles. The Bertz CT molecular complexity index is 714. The van der Waals surface area contributed by atoms with Gasteiger partial charge in [0.25, 0.3) is 0 Å². The predicted octanol–water partition coefficient (Wildman–Crippen LogP) is 3.19. The number of ether oxygens (including phenoxy) is 3. The molecule has 0 fully saturated rings. The van der Waals surface area contributed by atoms with Gasteiger partial charge in [-0.05, 0) is 56.9 Å². The summed E-state index contributed by atoms with van der Waals surface area (Å²) in [5, 5.41) is 10.6. The Labute approximate surface area is 130 Å². The van der Waals surface area contributed by atoms with Gasteiger partial charge in [0, 0.05) is 6.42 Å². The summed E-state index contributed by atoms with van der Waals surface area (Å²) in [6.45, 7) is 0.925. The van der Waals surface area contributed by atoms with Gasteiger partial charge in [0.2, 0.25) is 6.79 Å². The van der Waals surface area contributed by atoms with Crippen LogP contribution in [0, 0.1) is 0 Å². The number of fused-ring (bicyclic) bond motifs is 2. The van der Waals surface area contributed by atoms with Crippen LogP contribution in [0.25, 0.3) is 0 Å². The molecule has 0 amide bonds. The third-order valence-corrected chi connectivity index (χ3v) is 4.38. The van der Waals surface area contributed by atoms with Crippen molar-refractivity contribution in [2.24, 2.45) is 0 Å². The molecule has 1 atom stereocenters. The van der Waals surface area contributed by atoms with Gasteiger partial charge in [-0.3, -0.25) is 0 Å². The van der Waals surface area contributed by atoms with Crippen LogP contribution in [0.4, 0.5) is 0 Å². The molecule has 2 aliphatic rings. The van der Waals surface area contributed by atoms with Gasteiger partial charge >= 0.3 is 0 Å². The fourth-order valence-corrected chi connectivity index (χ4v) is 3.29. The molecule has 0 aromatic heterocycles. The lowest BCUT2D eigenvalue weighted by Gasteiger charge is -2.14. The summed E-state index contributed by atoms with van der Waals surface area (Å²) in [7, 11) is 0. The van der Waals surface area contributed by atoms with Gasteiger partial charge in [-0.15, -0.1) is 0 Å². The van der Waals surface area contributed by atoms with Crippen molar-refractivity contribution in [3.63, 3.8) is 0 Å². The van der Waals surface area contributed by atoms with E-state index in [4.69, 9.17) is 14.2 Å². The largest absolute Gasteiger partial charge is 0.493 e. The van der Waals surface area contributed by atoms with E-state index >= 15 is 0 Å². The predicted molar refractivity (Wildman–Crippen MR) is 80.0 cm³/mol. The van der Waals surface area contributed by atoms with Crippen LogP contribution in [0.1, 0.15) is 22.8 Å². The van der Waals surface area contributed by atoms with E-state index in [0.717, 1.165) is 33.3 Å². The minimum Gasteiger partial charge on any atom is -0.493 e. The molecule has 4 nitrogen and oxygen atoms in total. The highest BCUT2D eigenvalue weighted by atomic mass is 79.9. The number of hydrogen-bond donors (Lipinski definition) is 1. The molecule has 1 N–H and O–H groups in total. The average molecular weight is 349 g/mol. The molecule has 0 spiro atoms. The zero-order valence-electron chi connectivity index (χ0n) is 11.1. The van der Waals surface area contributed by atoms with Crippen LogP contribution in [0.3, 0.4) is 0 Å². The third-order valence-electron chi connectivity index (χ3n) is 3.79. The fraction of sp³-hybridized carbons (Fsp3) is 0.250. The van der Waals surface area contributed by atoms with Crippen molar-refractivity contribution in [3.8, 4) is 17.2 Å². The van der Waals surface area contributed by atoms with Crippen molar-refractivity contribution in [2.45, 2.75) is 12.5 Å². The maximum atomic E-state index is 10.6. The van der Waals surface area contributed by atoms with Gasteiger partial charge in [0.15, 0.2) is 11.5 Å². The Kier molecular flexibility index (Phi) is 3.05. The molecule has 5 heteroatoms. The minimum absolute atomic E-state index is 0.212. The molecule has 0 aliphatic carbocycles. The maximum Gasteiger partial charge on any atom is 0.231 e. The molecular formula is C16H13BrO4. The van der Waals surface area contributed by atoms with E-state index in [1.54, 1.807) is 0 Å². The Balaban J connectivity index is 1.71. The fourth-order valence-electron chi connectivity index (χ4n) is 2.71. The van der Waals surface area contributed by atoms with Crippen molar-refractivity contribution in [1.82, 2.24) is 0 Å². The molecule has 4 rings (SSSR count). The molecule has 108 valence electrons. The standard InChI is InChI=1S/C16H13BrO4/c17-12-6-11(7-14-16(12)21-8-20-14)15(18)10-1-2-13-9(5-10)3-4-19-13/h1-2,5-7,15,18H,3-4,8H2.